The predicted octanol–water partition coefficient (Wildman–Crippen LogP) is -0.812. The molecule has 42 heteroatoms. The van der Waals surface area contributed by atoms with E-state index in [0.717, 1.165) is 85.0 Å². The zero-order valence-electron chi connectivity index (χ0n) is 77.6. The largest absolute Gasteiger partial charge is 0.477 e. The van der Waals surface area contributed by atoms with Gasteiger partial charge in [-0.05, 0) is 26.2 Å². The molecule has 0 aromatic rings. The monoisotopic (exact) mass is 1910 g/mol. The highest BCUT2D eigenvalue weighted by Crippen LogP contribution is 2.44. The zero-order chi connectivity index (χ0) is 97.5. The summed E-state index contributed by atoms with van der Waals surface area (Å²) in [7, 11) is 0. The summed E-state index contributed by atoms with van der Waals surface area (Å²) >= 11 is 0. The number of carboxylic acids is 2. The van der Waals surface area contributed by atoms with Crippen LogP contribution in [0.25, 0.3) is 0 Å². The Hall–Kier alpha value is -4.64. The number of carbonyl (C=O) groups is 6. The van der Waals surface area contributed by atoms with Crippen molar-refractivity contribution in [3.8, 4) is 0 Å². The summed E-state index contributed by atoms with van der Waals surface area (Å²) in [5.74, 6) is -15.3. The van der Waals surface area contributed by atoms with Crippen LogP contribution in [0.2, 0.25) is 0 Å². The van der Waals surface area contributed by atoms with E-state index in [1.54, 1.807) is 6.08 Å². The summed E-state index contributed by atoms with van der Waals surface area (Å²) < 4.78 is 66.6. The van der Waals surface area contributed by atoms with Crippen molar-refractivity contribution in [3.63, 3.8) is 0 Å². The molecular formula is C90H160N4O38. The fraction of sp³-hybridized carbons (Fsp3) is 0.911. The first-order valence-corrected chi connectivity index (χ1v) is 48.1. The molecule has 42 nitrogen and oxygen atoms in total. The molecule has 0 radical (unpaired) electrons. The lowest BCUT2D eigenvalue weighted by molar-refractivity contribution is -0.404. The van der Waals surface area contributed by atoms with Crippen LogP contribution in [0.15, 0.2) is 12.2 Å². The molecule has 0 spiro atoms. The minimum absolute atomic E-state index is 0.0855. The Morgan fingerprint density at radius 2 is 0.902 bits per heavy atom. The summed E-state index contributed by atoms with van der Waals surface area (Å²) in [4.78, 5) is 81.8. The lowest BCUT2D eigenvalue weighted by atomic mass is 9.87. The van der Waals surface area contributed by atoms with Gasteiger partial charge in [0.05, 0.1) is 82.2 Å². The molecule has 0 saturated carbocycles. The number of carbonyl (C=O) groups excluding carboxylic acids is 4. The molecule has 6 rings (SSSR count). The molecule has 0 aromatic heterocycles. The Kier molecular flexibility index (Phi) is 52.5. The Labute approximate surface area is 773 Å². The molecule has 0 aromatic carbocycles. The van der Waals surface area contributed by atoms with Gasteiger partial charge < -0.3 is 180 Å². The highest BCUT2D eigenvalue weighted by Gasteiger charge is 2.65. The molecular weight excluding hydrogens is 1740 g/mol. The number of amides is 4. The fourth-order valence-electron chi connectivity index (χ4n) is 18.2. The molecule has 768 valence electrons. The highest BCUT2D eigenvalue weighted by atomic mass is 16.8. The van der Waals surface area contributed by atoms with Crippen LogP contribution >= 0.6 is 0 Å². The van der Waals surface area contributed by atoms with E-state index < -0.39 is 295 Å². The van der Waals surface area contributed by atoms with Gasteiger partial charge >= 0.3 is 11.9 Å². The molecule has 34 atom stereocenters. The van der Waals surface area contributed by atoms with Gasteiger partial charge in [0, 0.05) is 40.0 Å². The normalized spacial score (nSPS) is 34.2. The van der Waals surface area contributed by atoms with E-state index in [-0.39, 0.29) is 6.42 Å². The Morgan fingerprint density at radius 1 is 0.462 bits per heavy atom. The molecule has 12 unspecified atom stereocenters. The van der Waals surface area contributed by atoms with Gasteiger partial charge in [0.15, 0.2) is 25.1 Å². The first kappa shape index (κ1) is 116. The standard InChI is InChI=1S/C90H160N4O38/c1-7-9-11-13-15-17-19-21-22-23-24-25-26-27-28-30-32-34-36-38-40-42-64(107)93-55(56(103)41-39-37-35-33-31-29-20-18-16-14-12-10-8-2)50-122-85-76(116)74(114)78(62(48-98)125-85)127-86-77(117)82(79(63(49-99)126-86)128-84-67(72(112)70(110)60(46-96)124-84)94(54(6)102)83-75(115)73(113)68(108)51(3)123-83)132-90(88(120)121)44-58(105)66(92-53(5)101)81(131-90)71(111)61(47-97)129-89(87(118)119)43-57(104)65(91-52(4)100)80(130-89)69(109)59(106)45-95/h39,41,51,55-63,65-86,95-99,103-106,108-117H,7-38,40,42-50H2,1-6H3,(H,91,100)(H,92,101)(H,93,107)(H,118,119)(H,120,121)/b41-39+/t51?,55-,56+,57?,58?,59+,60?,61+,62?,63?,65+,66+,67?,68+,69+,70-,71+,72+,73?,74+,75-,76?,77?,78+,79-,80?,81?,82+,83-,84-,85+,86-,89+,90-/m0/s1. The van der Waals surface area contributed by atoms with Gasteiger partial charge in [-0.15, -0.1) is 0 Å². The van der Waals surface area contributed by atoms with Crippen LogP contribution in [0.4, 0.5) is 0 Å². The number of allylic oxidation sites excluding steroid dienone is 1. The van der Waals surface area contributed by atoms with Gasteiger partial charge in [-0.25, -0.2) is 9.59 Å². The zero-order valence-corrected chi connectivity index (χ0v) is 77.6. The smallest absolute Gasteiger partial charge is 0.364 e. The topological polar surface area (TPSA) is 668 Å². The van der Waals surface area contributed by atoms with E-state index in [9.17, 15) is 136 Å². The molecule has 24 N–H and O–H groups in total. The lowest BCUT2D eigenvalue weighted by Crippen LogP contribution is -2.73. The SMILES string of the molecule is CCCCCCCCCCCCC/C=C/[C@@H](O)[C@H](CO[C@@H]1OC(CO)[C@@H](O[C@@H]2OC(CO)[C@H](O[C@@H]3OC(CO)[C@H](O)[C@H](O)C3N(C(C)=O)[C@H]3OC(C)[C@@H](O)C(O)[C@@H]3O)[C@H](O[C@]3(C(=O)O)CC(O)[C@@H](NC(C)=O)C([C@H](O)[C@@H](CO)O[C@]4(C(=O)O)CC(O)[C@@H](NC(C)=O)C([C@H](O)[C@H](O)CO)O4)O3)C2O)[C@H](O)C1O)NC(=O)CCCCCCCCCCCCCCCCCCCCCCC. The molecule has 6 aliphatic heterocycles. The lowest BCUT2D eigenvalue weighted by Gasteiger charge is -2.54. The molecule has 6 aliphatic rings. The number of ether oxygens (including phenoxy) is 11. The van der Waals surface area contributed by atoms with Crippen LogP contribution in [0, 0.1) is 0 Å². The number of rotatable bonds is 63. The van der Waals surface area contributed by atoms with Crippen LogP contribution in [0.1, 0.15) is 273 Å². The number of aliphatic hydroxyl groups is 19. The summed E-state index contributed by atoms with van der Waals surface area (Å²) in [5, 5.41) is 248. The van der Waals surface area contributed by atoms with E-state index >= 15 is 0 Å². The number of aliphatic hydroxyl groups excluding tert-OH is 19. The molecule has 6 fully saturated rings. The van der Waals surface area contributed by atoms with E-state index in [0.29, 0.717) is 17.7 Å². The second-order valence-corrected chi connectivity index (χ2v) is 36.5. The Bertz CT molecular complexity index is 3310. The maximum absolute atomic E-state index is 14.5. The van der Waals surface area contributed by atoms with Gasteiger partial charge in [0.25, 0.3) is 11.6 Å². The minimum Gasteiger partial charge on any atom is -0.477 e. The quantitative estimate of drug-likeness (QED) is 0.0261. The van der Waals surface area contributed by atoms with Crippen molar-refractivity contribution in [2.45, 2.75) is 480 Å². The fourth-order valence-corrected chi connectivity index (χ4v) is 18.2. The van der Waals surface area contributed by atoms with Crippen LogP contribution in [0.5, 0.6) is 0 Å². The van der Waals surface area contributed by atoms with E-state index in [4.69, 9.17) is 52.1 Å². The third kappa shape index (κ3) is 34.1. The average Bonchev–Trinajstić information content (AvgIpc) is 0.747. The summed E-state index contributed by atoms with van der Waals surface area (Å²) in [6.45, 7) is 1.12. The van der Waals surface area contributed by atoms with E-state index in [1.807, 2.05) is 0 Å². The molecule has 4 amide bonds. The van der Waals surface area contributed by atoms with Crippen molar-refractivity contribution in [1.29, 1.82) is 0 Å². The number of hydrogen-bond donors (Lipinski definition) is 24. The first-order valence-electron chi connectivity index (χ1n) is 48.1. The third-order valence-electron chi connectivity index (χ3n) is 25.9. The number of unbranched alkanes of at least 4 members (excludes halogenated alkanes) is 31. The van der Waals surface area contributed by atoms with Gasteiger partial charge in [-0.3, -0.25) is 19.2 Å². The van der Waals surface area contributed by atoms with Crippen molar-refractivity contribution in [2.75, 3.05) is 39.6 Å². The van der Waals surface area contributed by atoms with Gasteiger partial charge in [-0.1, -0.05) is 219 Å². The highest BCUT2D eigenvalue weighted by molar-refractivity contribution is 5.78. The predicted molar refractivity (Wildman–Crippen MR) is 466 cm³/mol. The van der Waals surface area contributed by atoms with Gasteiger partial charge in [-0.2, -0.15) is 0 Å². The summed E-state index contributed by atoms with van der Waals surface area (Å²) in [6, 6.07) is -7.42. The van der Waals surface area contributed by atoms with Crippen molar-refractivity contribution in [1.82, 2.24) is 20.9 Å². The van der Waals surface area contributed by atoms with Crippen LogP contribution in [-0.4, -0.2) is 395 Å². The number of aliphatic carboxylic acids is 2. The second kappa shape index (κ2) is 59.7. The molecule has 6 heterocycles. The minimum atomic E-state index is -3.72. The van der Waals surface area contributed by atoms with E-state index in [1.165, 1.54) is 148 Å². The maximum atomic E-state index is 14.5. The molecule has 6 saturated heterocycles. The Balaban J connectivity index is 1.29. The van der Waals surface area contributed by atoms with E-state index in [2.05, 4.69) is 29.8 Å². The van der Waals surface area contributed by atoms with Gasteiger partial charge in [0.2, 0.25) is 23.6 Å². The number of nitrogens with zero attached hydrogens (tertiary/aromatic N) is 1. The van der Waals surface area contributed by atoms with Crippen LogP contribution in [0.3, 0.4) is 0 Å². The number of hydrogen-bond acceptors (Lipinski definition) is 36. The third-order valence-corrected chi connectivity index (χ3v) is 25.9. The summed E-state index contributed by atoms with van der Waals surface area (Å²) in [5.41, 5.74) is 0. The maximum Gasteiger partial charge on any atom is 0.364 e. The number of carboxylic acid groups (broad SMARTS) is 2. The Morgan fingerprint density at radius 3 is 1.36 bits per heavy atom. The van der Waals surface area contributed by atoms with Crippen LogP contribution in [-0.2, 0) is 80.9 Å². The van der Waals surface area contributed by atoms with Crippen molar-refractivity contribution in [2.24, 2.45) is 0 Å². The van der Waals surface area contributed by atoms with Gasteiger partial charge in [0.1, 0.15) is 128 Å². The first-order chi connectivity index (χ1) is 63.0. The van der Waals surface area contributed by atoms with Crippen molar-refractivity contribution >= 4 is 35.6 Å². The van der Waals surface area contributed by atoms with Crippen molar-refractivity contribution in [3.05, 3.63) is 12.2 Å². The van der Waals surface area contributed by atoms with Crippen LogP contribution < -0.4 is 16.0 Å². The number of nitrogens with one attached hydrogen (secondary N) is 3. The van der Waals surface area contributed by atoms with Crippen molar-refractivity contribution < 1.29 is 188 Å². The average molecular weight is 1910 g/mol. The molecule has 132 heavy (non-hydrogen) atoms. The summed E-state index contributed by atoms with van der Waals surface area (Å²) in [6.07, 6.45) is -24.4. The second-order valence-electron chi connectivity index (χ2n) is 36.5. The molecule has 0 bridgehead atoms. The molecule has 0 aliphatic carbocycles.